The molecule has 0 unspecified atom stereocenters. The molecule has 0 bridgehead atoms. The topological polar surface area (TPSA) is 150 Å². The van der Waals surface area contributed by atoms with Crippen molar-refractivity contribution in [1.82, 2.24) is 0 Å². The summed E-state index contributed by atoms with van der Waals surface area (Å²) in [5.74, 6) is -2.53. The molecule has 4 N–H and O–H groups in total. The van der Waals surface area contributed by atoms with Crippen LogP contribution in [0.1, 0.15) is 15.9 Å². The molecule has 0 heterocycles. The standard InChI is InChI=1S/C15H13NO8S/c17-13-11(14(18)19)6-10(25(21,22)23)7-12(13)16-15(20)24-8-9-4-2-1-3-5-9/h1-7,17H,8H2,(H,16,20)(H,18,19)(H,21,22,23). The van der Waals surface area contributed by atoms with Crippen LogP contribution in [0.4, 0.5) is 10.5 Å². The van der Waals surface area contributed by atoms with Crippen molar-refractivity contribution in [3.05, 3.63) is 53.6 Å². The van der Waals surface area contributed by atoms with Crippen molar-refractivity contribution >= 4 is 27.9 Å². The summed E-state index contributed by atoms with van der Waals surface area (Å²) in [7, 11) is -4.76. The summed E-state index contributed by atoms with van der Waals surface area (Å²) in [6, 6.07) is 9.91. The van der Waals surface area contributed by atoms with Gasteiger partial charge < -0.3 is 14.9 Å². The summed E-state index contributed by atoms with van der Waals surface area (Å²) in [6.07, 6.45) is -1.05. The van der Waals surface area contributed by atoms with Crippen LogP contribution in [0.2, 0.25) is 0 Å². The Morgan fingerprint density at radius 3 is 2.32 bits per heavy atom. The number of ether oxygens (including phenoxy) is 1. The van der Waals surface area contributed by atoms with Crippen LogP contribution in [-0.4, -0.2) is 35.2 Å². The van der Waals surface area contributed by atoms with Crippen molar-refractivity contribution in [2.45, 2.75) is 11.5 Å². The molecule has 9 nitrogen and oxygen atoms in total. The van der Waals surface area contributed by atoms with E-state index in [1.54, 1.807) is 30.3 Å². The number of nitrogens with one attached hydrogen (secondary N) is 1. The summed E-state index contributed by atoms with van der Waals surface area (Å²) < 4.78 is 36.4. The molecule has 2 rings (SSSR count). The minimum Gasteiger partial charge on any atom is -0.505 e. The average molecular weight is 367 g/mol. The lowest BCUT2D eigenvalue weighted by Gasteiger charge is -2.11. The molecular weight excluding hydrogens is 354 g/mol. The Kier molecular flexibility index (Phi) is 5.25. The second-order valence-corrected chi connectivity index (χ2v) is 6.26. The predicted molar refractivity (Wildman–Crippen MR) is 85.1 cm³/mol. The van der Waals surface area contributed by atoms with Gasteiger partial charge in [0.2, 0.25) is 0 Å². The molecule has 0 spiro atoms. The molecule has 0 saturated heterocycles. The SMILES string of the molecule is O=C(Nc1cc(S(=O)(=O)O)cc(C(=O)O)c1O)OCc1ccccc1. The van der Waals surface area contributed by atoms with Gasteiger partial charge in [0, 0.05) is 0 Å². The highest BCUT2D eigenvalue weighted by molar-refractivity contribution is 7.85. The lowest BCUT2D eigenvalue weighted by Crippen LogP contribution is -2.15. The van der Waals surface area contributed by atoms with Crippen LogP contribution in [0.3, 0.4) is 0 Å². The van der Waals surface area contributed by atoms with Crippen molar-refractivity contribution < 1.29 is 37.5 Å². The minimum absolute atomic E-state index is 0.1000. The number of carboxylic acids is 1. The molecule has 0 aliphatic rings. The quantitative estimate of drug-likeness (QED) is 0.463. The number of aromatic hydroxyl groups is 1. The molecule has 0 radical (unpaired) electrons. The molecule has 132 valence electrons. The number of benzene rings is 2. The van der Waals surface area contributed by atoms with Gasteiger partial charge in [-0.1, -0.05) is 30.3 Å². The van der Waals surface area contributed by atoms with Gasteiger partial charge in [0.1, 0.15) is 12.2 Å². The van der Waals surface area contributed by atoms with Crippen molar-refractivity contribution in [2.24, 2.45) is 0 Å². The number of carbonyl (C=O) groups excluding carboxylic acids is 1. The van der Waals surface area contributed by atoms with E-state index >= 15 is 0 Å². The van der Waals surface area contributed by atoms with Crippen molar-refractivity contribution in [3.63, 3.8) is 0 Å². The molecule has 2 aromatic rings. The number of hydrogen-bond donors (Lipinski definition) is 4. The first-order valence-electron chi connectivity index (χ1n) is 6.74. The van der Waals surface area contributed by atoms with Gasteiger partial charge in [0.05, 0.1) is 10.6 Å². The molecule has 0 aliphatic heterocycles. The van der Waals surface area contributed by atoms with Gasteiger partial charge in [-0.05, 0) is 17.7 Å². The van der Waals surface area contributed by atoms with Crippen LogP contribution in [0.5, 0.6) is 5.75 Å². The first-order chi connectivity index (χ1) is 11.7. The van der Waals surface area contributed by atoms with E-state index in [1.807, 2.05) is 5.32 Å². The minimum atomic E-state index is -4.76. The third kappa shape index (κ3) is 4.68. The van der Waals surface area contributed by atoms with Gasteiger partial charge in [-0.15, -0.1) is 0 Å². The lowest BCUT2D eigenvalue weighted by molar-refractivity contribution is 0.0693. The van der Waals surface area contributed by atoms with Crippen LogP contribution in [0.15, 0.2) is 47.4 Å². The largest absolute Gasteiger partial charge is 0.505 e. The zero-order chi connectivity index (χ0) is 18.6. The first-order valence-corrected chi connectivity index (χ1v) is 8.18. The third-order valence-corrected chi connectivity index (χ3v) is 3.89. The predicted octanol–water partition coefficient (Wildman–Crippen LogP) is 2.09. The van der Waals surface area contributed by atoms with Gasteiger partial charge in [-0.25, -0.2) is 9.59 Å². The van der Waals surface area contributed by atoms with E-state index in [9.17, 15) is 23.1 Å². The Hall–Kier alpha value is -3.11. The number of rotatable bonds is 5. The van der Waals surface area contributed by atoms with E-state index in [-0.39, 0.29) is 6.61 Å². The maximum atomic E-state index is 11.8. The number of phenols is 1. The Bertz CT molecular complexity index is 909. The van der Waals surface area contributed by atoms with E-state index in [0.717, 1.165) is 0 Å². The van der Waals surface area contributed by atoms with Gasteiger partial charge in [-0.2, -0.15) is 8.42 Å². The van der Waals surface area contributed by atoms with Crippen molar-refractivity contribution in [3.8, 4) is 5.75 Å². The van der Waals surface area contributed by atoms with Crippen LogP contribution in [-0.2, 0) is 21.5 Å². The maximum Gasteiger partial charge on any atom is 0.412 e. The van der Waals surface area contributed by atoms with E-state index in [1.165, 1.54) is 0 Å². The lowest BCUT2D eigenvalue weighted by atomic mass is 10.1. The normalized spacial score (nSPS) is 10.9. The van der Waals surface area contributed by atoms with Gasteiger partial charge >= 0.3 is 12.1 Å². The van der Waals surface area contributed by atoms with E-state index in [0.29, 0.717) is 17.7 Å². The third-order valence-electron chi connectivity index (χ3n) is 3.06. The molecule has 0 saturated carbocycles. The second-order valence-electron chi connectivity index (χ2n) is 4.83. The van der Waals surface area contributed by atoms with E-state index < -0.39 is 44.1 Å². The average Bonchev–Trinajstić information content (AvgIpc) is 2.54. The van der Waals surface area contributed by atoms with Crippen LogP contribution in [0.25, 0.3) is 0 Å². The van der Waals surface area contributed by atoms with E-state index in [4.69, 9.17) is 14.4 Å². The highest BCUT2D eigenvalue weighted by Gasteiger charge is 2.22. The fourth-order valence-corrected chi connectivity index (χ4v) is 2.42. The molecule has 0 atom stereocenters. The molecule has 2 aromatic carbocycles. The maximum absolute atomic E-state index is 11.8. The number of aromatic carboxylic acids is 1. The summed E-state index contributed by atoms with van der Waals surface area (Å²) in [5.41, 5.74) is -0.668. The number of hydrogen-bond acceptors (Lipinski definition) is 6. The summed E-state index contributed by atoms with van der Waals surface area (Å²) in [4.78, 5) is 22.0. The molecule has 1 amide bonds. The number of carboxylic acid groups (broad SMARTS) is 1. The van der Waals surface area contributed by atoms with Gasteiger partial charge in [0.25, 0.3) is 10.1 Å². The fourth-order valence-electron chi connectivity index (χ4n) is 1.88. The summed E-state index contributed by atoms with van der Waals surface area (Å²) in [5, 5.41) is 20.9. The summed E-state index contributed by atoms with van der Waals surface area (Å²) in [6.45, 7) is -0.1000. The van der Waals surface area contributed by atoms with Gasteiger partial charge in [0.15, 0.2) is 5.75 Å². The smallest absolute Gasteiger partial charge is 0.412 e. The Balaban J connectivity index is 2.24. The van der Waals surface area contributed by atoms with Crippen LogP contribution < -0.4 is 5.32 Å². The highest BCUT2D eigenvalue weighted by atomic mass is 32.2. The molecule has 0 aromatic heterocycles. The van der Waals surface area contributed by atoms with Crippen molar-refractivity contribution in [1.29, 1.82) is 0 Å². The second kappa shape index (κ2) is 7.20. The monoisotopic (exact) mass is 367 g/mol. The molecule has 10 heteroatoms. The highest BCUT2D eigenvalue weighted by Crippen LogP contribution is 2.31. The van der Waals surface area contributed by atoms with Crippen LogP contribution >= 0.6 is 0 Å². The molecule has 25 heavy (non-hydrogen) atoms. The first kappa shape index (κ1) is 18.2. The van der Waals surface area contributed by atoms with Gasteiger partial charge in [-0.3, -0.25) is 9.87 Å². The summed E-state index contributed by atoms with van der Waals surface area (Å²) >= 11 is 0. The molecule has 0 aliphatic carbocycles. The number of amides is 1. The Morgan fingerprint density at radius 1 is 1.12 bits per heavy atom. The van der Waals surface area contributed by atoms with E-state index in [2.05, 4.69) is 0 Å². The van der Waals surface area contributed by atoms with Crippen molar-refractivity contribution in [2.75, 3.05) is 5.32 Å². The number of carbonyl (C=O) groups is 2. The zero-order valence-corrected chi connectivity index (χ0v) is 13.4. The Labute approximate surface area is 142 Å². The fraction of sp³-hybridized carbons (Fsp3) is 0.0667. The Morgan fingerprint density at radius 2 is 1.76 bits per heavy atom. The molecular formula is C15H13NO8S. The zero-order valence-electron chi connectivity index (χ0n) is 12.5. The number of anilines is 1. The molecule has 0 fully saturated rings. The van der Waals surface area contributed by atoms with Crippen LogP contribution in [0, 0.1) is 0 Å².